The number of carbonyl (C=O) groups is 1. The maximum absolute atomic E-state index is 12.0. The highest BCUT2D eigenvalue weighted by Gasteiger charge is 2.27. The molecule has 1 aliphatic heterocycles. The fourth-order valence-corrected chi connectivity index (χ4v) is 3.36. The van der Waals surface area contributed by atoms with Gasteiger partial charge in [0.25, 0.3) is 5.91 Å². The molecule has 1 saturated heterocycles. The number of likely N-dealkylation sites (tertiary alicyclic amines) is 1. The van der Waals surface area contributed by atoms with E-state index in [-0.39, 0.29) is 11.9 Å². The number of piperidine rings is 1. The SMILES string of the molecule is C[C@@H]1C[C@H](NC(=O)c2csnn2)CCN1Cc1ccccc1. The lowest BCUT2D eigenvalue weighted by Gasteiger charge is -2.37. The number of nitrogens with one attached hydrogen (secondary N) is 1. The molecule has 2 atom stereocenters. The molecule has 1 aromatic carbocycles. The van der Waals surface area contributed by atoms with Gasteiger partial charge in [-0.2, -0.15) is 0 Å². The fraction of sp³-hybridized carbons (Fsp3) is 0.438. The number of benzene rings is 1. The summed E-state index contributed by atoms with van der Waals surface area (Å²) in [5, 5.41) is 8.58. The third-order valence-corrected chi connectivity index (χ3v) is 4.67. The van der Waals surface area contributed by atoms with Crippen LogP contribution in [-0.4, -0.2) is 39.0 Å². The van der Waals surface area contributed by atoms with Gasteiger partial charge in [-0.25, -0.2) is 0 Å². The summed E-state index contributed by atoms with van der Waals surface area (Å²) < 4.78 is 3.73. The molecule has 1 aliphatic rings. The molecule has 0 saturated carbocycles. The number of carbonyl (C=O) groups excluding carboxylic acids is 1. The van der Waals surface area contributed by atoms with Gasteiger partial charge >= 0.3 is 0 Å². The lowest BCUT2D eigenvalue weighted by Crippen LogP contribution is -2.48. The topological polar surface area (TPSA) is 58.1 Å². The Morgan fingerprint density at radius 2 is 2.23 bits per heavy atom. The zero-order valence-corrected chi connectivity index (χ0v) is 13.4. The van der Waals surface area contributed by atoms with Crippen LogP contribution in [0.15, 0.2) is 35.7 Å². The lowest BCUT2D eigenvalue weighted by molar-refractivity contribution is 0.0862. The lowest BCUT2D eigenvalue weighted by atomic mass is 9.97. The van der Waals surface area contributed by atoms with Crippen molar-refractivity contribution in [2.24, 2.45) is 0 Å². The zero-order valence-electron chi connectivity index (χ0n) is 12.6. The Morgan fingerprint density at radius 3 is 2.91 bits per heavy atom. The van der Waals surface area contributed by atoms with Crippen molar-refractivity contribution in [3.05, 3.63) is 47.0 Å². The van der Waals surface area contributed by atoms with Crippen LogP contribution in [-0.2, 0) is 6.54 Å². The largest absolute Gasteiger partial charge is 0.348 e. The zero-order chi connectivity index (χ0) is 15.4. The van der Waals surface area contributed by atoms with Gasteiger partial charge in [0.05, 0.1) is 0 Å². The van der Waals surface area contributed by atoms with E-state index < -0.39 is 0 Å². The molecule has 2 aromatic rings. The molecule has 22 heavy (non-hydrogen) atoms. The molecule has 2 heterocycles. The van der Waals surface area contributed by atoms with Crippen molar-refractivity contribution in [2.75, 3.05) is 6.54 Å². The number of hydrogen-bond acceptors (Lipinski definition) is 5. The van der Waals surface area contributed by atoms with Crippen LogP contribution in [0, 0.1) is 0 Å². The predicted molar refractivity (Wildman–Crippen MR) is 86.7 cm³/mol. The molecule has 0 radical (unpaired) electrons. The van der Waals surface area contributed by atoms with Crippen LogP contribution in [0.5, 0.6) is 0 Å². The van der Waals surface area contributed by atoms with Gasteiger partial charge in [0.2, 0.25) is 0 Å². The summed E-state index contributed by atoms with van der Waals surface area (Å²) in [5.74, 6) is -0.109. The second-order valence-corrected chi connectivity index (χ2v) is 6.40. The van der Waals surface area contributed by atoms with Crippen molar-refractivity contribution in [3.63, 3.8) is 0 Å². The van der Waals surface area contributed by atoms with Crippen LogP contribution in [0.3, 0.4) is 0 Å². The third kappa shape index (κ3) is 3.69. The van der Waals surface area contributed by atoms with Gasteiger partial charge in [-0.1, -0.05) is 34.8 Å². The van der Waals surface area contributed by atoms with E-state index in [1.807, 2.05) is 6.07 Å². The van der Waals surface area contributed by atoms with Crippen LogP contribution < -0.4 is 5.32 Å². The molecule has 0 unspecified atom stereocenters. The first-order chi connectivity index (χ1) is 10.7. The highest BCUT2D eigenvalue weighted by Crippen LogP contribution is 2.20. The summed E-state index contributed by atoms with van der Waals surface area (Å²) in [6, 6.07) is 11.2. The second-order valence-electron chi connectivity index (χ2n) is 5.79. The molecule has 5 nitrogen and oxygen atoms in total. The molecule has 6 heteroatoms. The van der Waals surface area contributed by atoms with Crippen molar-refractivity contribution in [3.8, 4) is 0 Å². The number of hydrogen-bond donors (Lipinski definition) is 1. The monoisotopic (exact) mass is 316 g/mol. The minimum absolute atomic E-state index is 0.109. The summed E-state index contributed by atoms with van der Waals surface area (Å²) >= 11 is 1.20. The van der Waals surface area contributed by atoms with Gasteiger partial charge < -0.3 is 5.32 Å². The maximum atomic E-state index is 12.0. The Kier molecular flexibility index (Phi) is 4.80. The van der Waals surface area contributed by atoms with E-state index in [4.69, 9.17) is 0 Å². The Labute approximate surface area is 134 Å². The van der Waals surface area contributed by atoms with E-state index in [9.17, 15) is 4.79 Å². The summed E-state index contributed by atoms with van der Waals surface area (Å²) in [6.07, 6.45) is 1.94. The number of nitrogens with zero attached hydrogens (tertiary/aromatic N) is 3. The average Bonchev–Trinajstić information content (AvgIpc) is 3.05. The first-order valence-corrected chi connectivity index (χ1v) is 8.42. The van der Waals surface area contributed by atoms with Crippen molar-refractivity contribution in [2.45, 2.75) is 38.4 Å². The van der Waals surface area contributed by atoms with E-state index in [0.717, 1.165) is 25.9 Å². The van der Waals surface area contributed by atoms with E-state index >= 15 is 0 Å². The van der Waals surface area contributed by atoms with E-state index in [1.54, 1.807) is 5.38 Å². The van der Waals surface area contributed by atoms with E-state index in [2.05, 4.69) is 51.0 Å². The predicted octanol–water partition coefficient (Wildman–Crippen LogP) is 2.32. The number of rotatable bonds is 4. The molecule has 0 bridgehead atoms. The Hall–Kier alpha value is -1.79. The van der Waals surface area contributed by atoms with Crippen molar-refractivity contribution in [1.29, 1.82) is 0 Å². The van der Waals surface area contributed by atoms with Gasteiger partial charge in [0.1, 0.15) is 0 Å². The van der Waals surface area contributed by atoms with Gasteiger partial charge in [-0.15, -0.1) is 5.10 Å². The van der Waals surface area contributed by atoms with Gasteiger partial charge in [-0.05, 0) is 36.9 Å². The maximum Gasteiger partial charge on any atom is 0.272 e. The minimum atomic E-state index is -0.109. The summed E-state index contributed by atoms with van der Waals surface area (Å²) in [7, 11) is 0. The van der Waals surface area contributed by atoms with Gasteiger partial charge in [0.15, 0.2) is 5.69 Å². The normalized spacial score (nSPS) is 22.4. The highest BCUT2D eigenvalue weighted by molar-refractivity contribution is 7.03. The second kappa shape index (κ2) is 6.98. The first kappa shape index (κ1) is 15.1. The molecular weight excluding hydrogens is 296 g/mol. The van der Waals surface area contributed by atoms with E-state index in [1.165, 1.54) is 17.1 Å². The molecule has 1 fully saturated rings. The quantitative estimate of drug-likeness (QED) is 0.940. The minimum Gasteiger partial charge on any atom is -0.348 e. The molecule has 116 valence electrons. The smallest absolute Gasteiger partial charge is 0.272 e. The molecule has 0 aliphatic carbocycles. The molecule has 0 spiro atoms. The standard InChI is InChI=1S/C16H20N4OS/c1-12-9-14(17-16(21)15-11-22-19-18-15)7-8-20(12)10-13-5-3-2-4-6-13/h2-6,11-12,14H,7-10H2,1H3,(H,17,21)/t12-,14-/m1/s1. The van der Waals surface area contributed by atoms with Crippen LogP contribution in [0.1, 0.15) is 35.8 Å². The van der Waals surface area contributed by atoms with Crippen molar-refractivity contribution >= 4 is 17.4 Å². The molecule has 1 N–H and O–H groups in total. The van der Waals surface area contributed by atoms with Crippen LogP contribution >= 0.6 is 11.5 Å². The number of amides is 1. The molecule has 3 rings (SSSR count). The fourth-order valence-electron chi connectivity index (χ4n) is 2.93. The average molecular weight is 316 g/mol. The highest BCUT2D eigenvalue weighted by atomic mass is 32.1. The van der Waals surface area contributed by atoms with E-state index in [0.29, 0.717) is 11.7 Å². The Bertz CT molecular complexity index is 602. The molecular formula is C16H20N4OS. The first-order valence-electron chi connectivity index (χ1n) is 7.58. The van der Waals surface area contributed by atoms with Crippen LogP contribution in [0.4, 0.5) is 0 Å². The van der Waals surface area contributed by atoms with Crippen LogP contribution in [0.2, 0.25) is 0 Å². The van der Waals surface area contributed by atoms with Gasteiger partial charge in [0, 0.05) is 30.6 Å². The summed E-state index contributed by atoms with van der Waals surface area (Å²) in [5.41, 5.74) is 1.76. The number of aromatic nitrogens is 2. The summed E-state index contributed by atoms with van der Waals surface area (Å²) in [4.78, 5) is 14.5. The molecule has 1 aromatic heterocycles. The molecule has 1 amide bonds. The van der Waals surface area contributed by atoms with Crippen LogP contribution in [0.25, 0.3) is 0 Å². The van der Waals surface area contributed by atoms with Crippen molar-refractivity contribution in [1.82, 2.24) is 19.8 Å². The summed E-state index contributed by atoms with van der Waals surface area (Å²) in [6.45, 7) is 4.20. The van der Waals surface area contributed by atoms with Crippen molar-refractivity contribution < 1.29 is 4.79 Å². The Morgan fingerprint density at radius 1 is 1.41 bits per heavy atom. The Balaban J connectivity index is 1.52. The third-order valence-electron chi connectivity index (χ3n) is 4.17. The van der Waals surface area contributed by atoms with Gasteiger partial charge in [-0.3, -0.25) is 9.69 Å².